The molecule has 17 heavy (non-hydrogen) atoms. The minimum atomic E-state index is -3.35. The molecular weight excluding hydrogens is 322 g/mol. The molecule has 0 aliphatic heterocycles. The Morgan fingerprint density at radius 2 is 2.29 bits per heavy atom. The molecule has 0 atom stereocenters. The Labute approximate surface area is 114 Å². The van der Waals surface area contributed by atoms with Crippen molar-refractivity contribution in [3.8, 4) is 0 Å². The number of hydrogen-bond acceptors (Lipinski definition) is 3. The van der Waals surface area contributed by atoms with E-state index in [1.807, 2.05) is 6.92 Å². The van der Waals surface area contributed by atoms with Crippen LogP contribution in [0.1, 0.15) is 18.4 Å². The number of thiophene rings is 1. The van der Waals surface area contributed by atoms with E-state index >= 15 is 0 Å². The zero-order valence-corrected chi connectivity index (χ0v) is 12.7. The van der Waals surface area contributed by atoms with E-state index in [1.165, 1.54) is 11.3 Å². The molecule has 1 aliphatic rings. The number of aryl methyl sites for hydroxylation is 1. The minimum Gasteiger partial charge on any atom is -0.206 e. The molecule has 0 unspecified atom stereocenters. The molecule has 0 aromatic carbocycles. The highest BCUT2D eigenvalue weighted by Crippen LogP contribution is 2.36. The van der Waals surface area contributed by atoms with Crippen LogP contribution in [-0.4, -0.2) is 25.3 Å². The van der Waals surface area contributed by atoms with Gasteiger partial charge in [-0.3, -0.25) is 0 Å². The predicted molar refractivity (Wildman–Crippen MR) is 73.9 cm³/mol. The van der Waals surface area contributed by atoms with Gasteiger partial charge in [0, 0.05) is 12.6 Å². The fraction of sp³-hybridized carbons (Fsp3) is 0.455. The van der Waals surface area contributed by atoms with Crippen LogP contribution in [0.15, 0.2) is 26.7 Å². The van der Waals surface area contributed by atoms with E-state index in [2.05, 4.69) is 22.5 Å². The van der Waals surface area contributed by atoms with Crippen LogP contribution in [0.4, 0.5) is 0 Å². The van der Waals surface area contributed by atoms with Gasteiger partial charge in [0.25, 0.3) is 10.0 Å². The molecule has 3 nitrogen and oxygen atoms in total. The lowest BCUT2D eigenvalue weighted by molar-refractivity contribution is 0.437. The Morgan fingerprint density at radius 1 is 1.65 bits per heavy atom. The van der Waals surface area contributed by atoms with E-state index < -0.39 is 10.0 Å². The third-order valence-corrected chi connectivity index (χ3v) is 7.16. The van der Waals surface area contributed by atoms with Crippen molar-refractivity contribution in [1.29, 1.82) is 0 Å². The van der Waals surface area contributed by atoms with Gasteiger partial charge in [-0.1, -0.05) is 6.08 Å². The fourth-order valence-electron chi connectivity index (χ4n) is 1.61. The summed E-state index contributed by atoms with van der Waals surface area (Å²) in [6, 6.07) is 1.89. The maximum atomic E-state index is 12.4. The molecule has 0 amide bonds. The third-order valence-electron chi connectivity index (χ3n) is 2.66. The number of rotatable bonds is 5. The van der Waals surface area contributed by atoms with Gasteiger partial charge in [0.05, 0.1) is 3.79 Å². The first-order valence-corrected chi connectivity index (χ1v) is 8.40. The average Bonchev–Trinajstić information content (AvgIpc) is 3.03. The largest absolute Gasteiger partial charge is 0.253 e. The Kier molecular flexibility index (Phi) is 3.77. The molecule has 94 valence electrons. The number of nitrogens with zero attached hydrogens (tertiary/aromatic N) is 1. The molecule has 2 rings (SSSR count). The molecule has 0 N–H and O–H groups in total. The average molecular weight is 336 g/mol. The summed E-state index contributed by atoms with van der Waals surface area (Å²) in [7, 11) is -3.35. The third kappa shape index (κ3) is 2.65. The summed E-state index contributed by atoms with van der Waals surface area (Å²) in [4.78, 5) is 0. The highest BCUT2D eigenvalue weighted by Gasteiger charge is 2.38. The SMILES string of the molecule is C=CCN(C1CC1)S(=O)(=O)c1cc(C)c(Br)s1. The monoisotopic (exact) mass is 335 g/mol. The van der Waals surface area contributed by atoms with Gasteiger partial charge in [0.1, 0.15) is 4.21 Å². The maximum Gasteiger partial charge on any atom is 0.253 e. The normalized spacial score (nSPS) is 16.4. The van der Waals surface area contributed by atoms with Crippen LogP contribution in [0.3, 0.4) is 0 Å². The first-order chi connectivity index (χ1) is 7.96. The molecule has 0 radical (unpaired) electrons. The summed E-state index contributed by atoms with van der Waals surface area (Å²) in [5, 5.41) is 0. The van der Waals surface area contributed by atoms with E-state index in [-0.39, 0.29) is 6.04 Å². The lowest BCUT2D eigenvalue weighted by atomic mass is 10.4. The van der Waals surface area contributed by atoms with Gasteiger partial charge in [-0.15, -0.1) is 17.9 Å². The summed E-state index contributed by atoms with van der Waals surface area (Å²) in [6.45, 7) is 5.92. The first-order valence-electron chi connectivity index (χ1n) is 5.35. The van der Waals surface area contributed by atoms with Crippen molar-refractivity contribution in [3.63, 3.8) is 0 Å². The lowest BCUT2D eigenvalue weighted by Crippen LogP contribution is -2.32. The molecule has 1 aromatic rings. The van der Waals surface area contributed by atoms with Gasteiger partial charge in [0.2, 0.25) is 0 Å². The topological polar surface area (TPSA) is 37.4 Å². The van der Waals surface area contributed by atoms with Crippen LogP contribution in [0, 0.1) is 6.92 Å². The van der Waals surface area contributed by atoms with Gasteiger partial charge < -0.3 is 0 Å². The fourth-order valence-corrected chi connectivity index (χ4v) is 5.62. The second-order valence-corrected chi connectivity index (χ2v) is 8.60. The van der Waals surface area contributed by atoms with Crippen LogP contribution in [0.2, 0.25) is 0 Å². The van der Waals surface area contributed by atoms with Gasteiger partial charge in [0.15, 0.2) is 0 Å². The van der Waals surface area contributed by atoms with Crippen LogP contribution < -0.4 is 0 Å². The van der Waals surface area contributed by atoms with Crippen molar-refractivity contribution < 1.29 is 8.42 Å². The van der Waals surface area contributed by atoms with Crippen molar-refractivity contribution in [2.75, 3.05) is 6.54 Å². The van der Waals surface area contributed by atoms with Gasteiger partial charge >= 0.3 is 0 Å². The molecule has 0 spiro atoms. The van der Waals surface area contributed by atoms with Gasteiger partial charge in [-0.25, -0.2) is 8.42 Å². The summed E-state index contributed by atoms with van der Waals surface area (Å²) in [5.41, 5.74) is 0.961. The minimum absolute atomic E-state index is 0.166. The van der Waals surface area contributed by atoms with Crippen molar-refractivity contribution in [1.82, 2.24) is 4.31 Å². The number of sulfonamides is 1. The van der Waals surface area contributed by atoms with Crippen molar-refractivity contribution in [2.45, 2.75) is 30.0 Å². The second-order valence-electron chi connectivity index (χ2n) is 4.12. The first kappa shape index (κ1) is 13.3. The van der Waals surface area contributed by atoms with Gasteiger partial charge in [-0.2, -0.15) is 4.31 Å². The summed E-state index contributed by atoms with van der Waals surface area (Å²) >= 11 is 4.64. The summed E-state index contributed by atoms with van der Waals surface area (Å²) in [6.07, 6.45) is 3.56. The molecule has 6 heteroatoms. The summed E-state index contributed by atoms with van der Waals surface area (Å²) < 4.78 is 27.7. The predicted octanol–water partition coefficient (Wildman–Crippen LogP) is 3.16. The molecular formula is C11H14BrNO2S2. The molecule has 1 fully saturated rings. The number of hydrogen-bond donors (Lipinski definition) is 0. The Hall–Kier alpha value is -0.170. The zero-order valence-electron chi connectivity index (χ0n) is 9.52. The van der Waals surface area contributed by atoms with Crippen molar-refractivity contribution >= 4 is 37.3 Å². The van der Waals surface area contributed by atoms with Crippen molar-refractivity contribution in [3.05, 3.63) is 28.1 Å². The standard InChI is InChI=1S/C11H14BrNO2S2/c1-3-6-13(9-4-5-9)17(14,15)10-7-8(2)11(12)16-10/h3,7,9H,1,4-6H2,2H3. The maximum absolute atomic E-state index is 12.4. The van der Waals surface area contributed by atoms with E-state index in [9.17, 15) is 8.42 Å². The van der Waals surface area contributed by atoms with E-state index in [0.717, 1.165) is 22.2 Å². The smallest absolute Gasteiger partial charge is 0.206 e. The zero-order chi connectivity index (χ0) is 12.6. The van der Waals surface area contributed by atoms with E-state index in [0.29, 0.717) is 10.8 Å². The molecule has 1 aromatic heterocycles. The molecule has 0 bridgehead atoms. The van der Waals surface area contributed by atoms with Crippen LogP contribution in [-0.2, 0) is 10.0 Å². The number of halogens is 1. The van der Waals surface area contributed by atoms with E-state index in [1.54, 1.807) is 16.4 Å². The molecule has 1 heterocycles. The highest BCUT2D eigenvalue weighted by molar-refractivity contribution is 9.11. The van der Waals surface area contributed by atoms with Gasteiger partial charge in [-0.05, 0) is 47.3 Å². The van der Waals surface area contributed by atoms with Crippen molar-refractivity contribution in [2.24, 2.45) is 0 Å². The second kappa shape index (κ2) is 4.84. The molecule has 1 aliphatic carbocycles. The Morgan fingerprint density at radius 3 is 2.71 bits per heavy atom. The highest BCUT2D eigenvalue weighted by atomic mass is 79.9. The Bertz CT molecular complexity index is 512. The van der Waals surface area contributed by atoms with E-state index in [4.69, 9.17) is 0 Å². The quantitative estimate of drug-likeness (QED) is 0.775. The van der Waals surface area contributed by atoms with Crippen LogP contribution in [0.25, 0.3) is 0 Å². The molecule has 0 saturated heterocycles. The van der Waals surface area contributed by atoms with Crippen LogP contribution in [0.5, 0.6) is 0 Å². The lowest BCUT2D eigenvalue weighted by Gasteiger charge is -2.18. The molecule has 1 saturated carbocycles. The Balaban J connectivity index is 2.36. The van der Waals surface area contributed by atoms with Crippen LogP contribution >= 0.6 is 27.3 Å². The summed E-state index contributed by atoms with van der Waals surface area (Å²) in [5.74, 6) is 0.